The highest BCUT2D eigenvalue weighted by Crippen LogP contribution is 2.14. The molecule has 0 amide bonds. The highest BCUT2D eigenvalue weighted by atomic mass is 19.1. The summed E-state index contributed by atoms with van der Waals surface area (Å²) in [5, 5.41) is 11.6. The Morgan fingerprint density at radius 1 is 1.40 bits per heavy atom. The SMILES string of the molecule is CC1=c2cccc(F)c2=C([N+](=O)[O-])CC1. The molecule has 0 fully saturated rings. The summed E-state index contributed by atoms with van der Waals surface area (Å²) in [5.74, 6) is -0.502. The van der Waals surface area contributed by atoms with E-state index in [1.165, 1.54) is 6.07 Å². The maximum atomic E-state index is 13.5. The van der Waals surface area contributed by atoms with Crippen LogP contribution in [0.3, 0.4) is 0 Å². The van der Waals surface area contributed by atoms with Crippen LogP contribution in [0.4, 0.5) is 4.39 Å². The molecule has 0 atom stereocenters. The molecule has 0 saturated heterocycles. The van der Waals surface area contributed by atoms with Gasteiger partial charge in [-0.1, -0.05) is 17.7 Å². The van der Waals surface area contributed by atoms with E-state index in [-0.39, 0.29) is 10.9 Å². The fourth-order valence-corrected chi connectivity index (χ4v) is 1.92. The van der Waals surface area contributed by atoms with Crippen LogP contribution < -0.4 is 10.4 Å². The Kier molecular flexibility index (Phi) is 2.26. The van der Waals surface area contributed by atoms with Crippen molar-refractivity contribution in [3.05, 3.63) is 44.6 Å². The predicted molar refractivity (Wildman–Crippen MR) is 54.4 cm³/mol. The van der Waals surface area contributed by atoms with Crippen LogP contribution in [0.5, 0.6) is 0 Å². The van der Waals surface area contributed by atoms with Gasteiger partial charge in [-0.15, -0.1) is 0 Å². The van der Waals surface area contributed by atoms with Crippen molar-refractivity contribution in [3.63, 3.8) is 0 Å². The van der Waals surface area contributed by atoms with Gasteiger partial charge in [0, 0.05) is 6.42 Å². The van der Waals surface area contributed by atoms with Gasteiger partial charge in [-0.25, -0.2) is 4.39 Å². The maximum Gasteiger partial charge on any atom is 0.257 e. The molecule has 3 nitrogen and oxygen atoms in total. The number of benzene rings is 1. The third-order valence-corrected chi connectivity index (χ3v) is 2.72. The summed E-state index contributed by atoms with van der Waals surface area (Å²) in [6.45, 7) is 1.88. The van der Waals surface area contributed by atoms with E-state index in [0.717, 1.165) is 5.57 Å². The first kappa shape index (κ1) is 9.83. The molecular formula is C11H10FNO2. The number of fused-ring (bicyclic) bond motifs is 1. The Hall–Kier alpha value is -1.71. The quantitative estimate of drug-likeness (QED) is 0.512. The molecule has 0 aromatic heterocycles. The summed E-state index contributed by atoms with van der Waals surface area (Å²) < 4.78 is 13.5. The first-order valence-corrected chi connectivity index (χ1v) is 4.73. The standard InChI is InChI=1S/C11H10FNO2/c1-7-5-6-10(13(14)15)11-8(7)3-2-4-9(11)12/h2-4H,5-6H2,1H3. The Morgan fingerprint density at radius 2 is 2.13 bits per heavy atom. The van der Waals surface area contributed by atoms with Gasteiger partial charge in [0.05, 0.1) is 10.1 Å². The van der Waals surface area contributed by atoms with Crippen LogP contribution >= 0.6 is 0 Å². The van der Waals surface area contributed by atoms with Crippen molar-refractivity contribution in [1.82, 2.24) is 0 Å². The summed E-state index contributed by atoms with van der Waals surface area (Å²) in [6, 6.07) is 4.58. The third kappa shape index (κ3) is 1.52. The third-order valence-electron chi connectivity index (χ3n) is 2.72. The van der Waals surface area contributed by atoms with Crippen LogP contribution in [0.1, 0.15) is 19.8 Å². The minimum Gasteiger partial charge on any atom is -0.259 e. The molecule has 0 spiro atoms. The molecule has 1 aliphatic rings. The molecule has 78 valence electrons. The van der Waals surface area contributed by atoms with E-state index >= 15 is 0 Å². The van der Waals surface area contributed by atoms with E-state index < -0.39 is 10.7 Å². The van der Waals surface area contributed by atoms with Crippen LogP contribution in [-0.2, 0) is 0 Å². The van der Waals surface area contributed by atoms with Gasteiger partial charge in [0.2, 0.25) is 0 Å². The van der Waals surface area contributed by atoms with Gasteiger partial charge in [0.15, 0.2) is 0 Å². The molecule has 15 heavy (non-hydrogen) atoms. The largest absolute Gasteiger partial charge is 0.259 e. The van der Waals surface area contributed by atoms with Gasteiger partial charge in [-0.2, -0.15) is 0 Å². The Labute approximate surface area is 85.7 Å². The minimum absolute atomic E-state index is 0.00583. The molecule has 2 rings (SSSR count). The minimum atomic E-state index is -0.502. The highest BCUT2D eigenvalue weighted by molar-refractivity contribution is 5.52. The molecular weight excluding hydrogens is 197 g/mol. The summed E-state index contributed by atoms with van der Waals surface area (Å²) in [5.41, 5.74) is 1.00. The topological polar surface area (TPSA) is 43.1 Å². The molecule has 0 N–H and O–H groups in total. The lowest BCUT2D eigenvalue weighted by atomic mass is 9.98. The number of halogens is 1. The lowest BCUT2D eigenvalue weighted by molar-refractivity contribution is -0.382. The first-order valence-electron chi connectivity index (χ1n) is 4.73. The molecule has 0 heterocycles. The second-order valence-electron chi connectivity index (χ2n) is 3.65. The number of hydrogen-bond acceptors (Lipinski definition) is 2. The van der Waals surface area contributed by atoms with Crippen molar-refractivity contribution in [2.24, 2.45) is 0 Å². The van der Waals surface area contributed by atoms with Crippen molar-refractivity contribution in [1.29, 1.82) is 0 Å². The van der Waals surface area contributed by atoms with E-state index in [1.54, 1.807) is 12.1 Å². The molecule has 0 unspecified atom stereocenters. The molecule has 0 aliphatic heterocycles. The second kappa shape index (κ2) is 3.46. The van der Waals surface area contributed by atoms with Crippen LogP contribution in [0.15, 0.2) is 18.2 Å². The van der Waals surface area contributed by atoms with E-state index in [4.69, 9.17) is 0 Å². The molecule has 0 bridgehead atoms. The number of nitro groups is 1. The number of nitrogens with zero attached hydrogens (tertiary/aromatic N) is 1. The second-order valence-corrected chi connectivity index (χ2v) is 3.65. The lowest BCUT2D eigenvalue weighted by Gasteiger charge is -2.08. The first-order chi connectivity index (χ1) is 7.11. The summed E-state index contributed by atoms with van der Waals surface area (Å²) in [4.78, 5) is 10.3. The number of rotatable bonds is 1. The molecule has 1 aromatic rings. The van der Waals surface area contributed by atoms with Gasteiger partial charge in [0.25, 0.3) is 5.70 Å². The van der Waals surface area contributed by atoms with Crippen molar-refractivity contribution in [2.75, 3.05) is 0 Å². The van der Waals surface area contributed by atoms with Crippen molar-refractivity contribution >= 4 is 11.3 Å². The molecule has 0 saturated carbocycles. The fraction of sp³-hybridized carbons (Fsp3) is 0.273. The summed E-state index contributed by atoms with van der Waals surface area (Å²) in [6.07, 6.45) is 0.944. The Morgan fingerprint density at radius 3 is 2.80 bits per heavy atom. The monoisotopic (exact) mass is 207 g/mol. The normalized spacial score (nSPS) is 15.1. The average Bonchev–Trinajstić information content (AvgIpc) is 2.19. The van der Waals surface area contributed by atoms with Crippen LogP contribution in [0.2, 0.25) is 0 Å². The van der Waals surface area contributed by atoms with Crippen LogP contribution in [0, 0.1) is 15.9 Å². The van der Waals surface area contributed by atoms with Crippen LogP contribution in [-0.4, -0.2) is 4.92 Å². The van der Waals surface area contributed by atoms with Gasteiger partial charge in [0.1, 0.15) is 5.82 Å². The van der Waals surface area contributed by atoms with E-state index in [0.29, 0.717) is 18.1 Å². The summed E-state index contributed by atoms with van der Waals surface area (Å²) >= 11 is 0. The molecule has 4 heteroatoms. The van der Waals surface area contributed by atoms with Gasteiger partial charge in [-0.3, -0.25) is 10.1 Å². The highest BCUT2D eigenvalue weighted by Gasteiger charge is 2.19. The molecule has 1 aromatic carbocycles. The van der Waals surface area contributed by atoms with Crippen molar-refractivity contribution in [3.8, 4) is 0 Å². The van der Waals surface area contributed by atoms with Gasteiger partial charge >= 0.3 is 0 Å². The zero-order valence-electron chi connectivity index (χ0n) is 8.29. The fourth-order valence-electron chi connectivity index (χ4n) is 1.92. The Bertz CT molecular complexity index is 548. The van der Waals surface area contributed by atoms with Crippen molar-refractivity contribution in [2.45, 2.75) is 19.8 Å². The molecule has 1 aliphatic carbocycles. The van der Waals surface area contributed by atoms with E-state index in [1.807, 2.05) is 6.92 Å². The zero-order valence-corrected chi connectivity index (χ0v) is 8.29. The zero-order chi connectivity index (χ0) is 11.0. The average molecular weight is 207 g/mol. The lowest BCUT2D eigenvalue weighted by Crippen LogP contribution is -2.36. The molecule has 0 radical (unpaired) electrons. The van der Waals surface area contributed by atoms with E-state index in [9.17, 15) is 14.5 Å². The summed E-state index contributed by atoms with van der Waals surface area (Å²) in [7, 11) is 0. The smallest absolute Gasteiger partial charge is 0.257 e. The maximum absolute atomic E-state index is 13.5. The number of hydrogen-bond donors (Lipinski definition) is 0. The van der Waals surface area contributed by atoms with E-state index in [2.05, 4.69) is 0 Å². The van der Waals surface area contributed by atoms with Gasteiger partial charge in [-0.05, 0) is 24.6 Å². The van der Waals surface area contributed by atoms with Crippen molar-refractivity contribution < 1.29 is 9.31 Å². The predicted octanol–water partition coefficient (Wildman–Crippen LogP) is 1.18. The van der Waals surface area contributed by atoms with Gasteiger partial charge < -0.3 is 0 Å². The Balaban J connectivity index is 2.99. The van der Waals surface area contributed by atoms with Crippen LogP contribution in [0.25, 0.3) is 11.3 Å².